The summed E-state index contributed by atoms with van der Waals surface area (Å²) >= 11 is 0. The molecule has 0 aromatic carbocycles. The van der Waals surface area contributed by atoms with E-state index in [0.29, 0.717) is 24.0 Å². The molecule has 2 rings (SSSR count). The highest BCUT2D eigenvalue weighted by Gasteiger charge is 2.33. The predicted molar refractivity (Wildman–Crippen MR) is 77.2 cm³/mol. The highest BCUT2D eigenvalue weighted by Crippen LogP contribution is 2.25. The van der Waals surface area contributed by atoms with E-state index in [1.165, 1.54) is 0 Å². The molecule has 1 atom stereocenters. The quantitative estimate of drug-likeness (QED) is 0.731. The molecule has 0 aromatic rings. The third-order valence-electron chi connectivity index (χ3n) is 4.34. The number of esters is 1. The number of carbonyl (C=O) groups is 1. The fraction of sp³-hybridized carbons (Fsp3) is 0.929. The zero-order chi connectivity index (χ0) is 14.6. The van der Waals surface area contributed by atoms with Crippen molar-refractivity contribution in [2.75, 3.05) is 31.2 Å². The first kappa shape index (κ1) is 15.8. The van der Waals surface area contributed by atoms with Crippen molar-refractivity contribution in [1.29, 1.82) is 0 Å². The molecule has 0 bridgehead atoms. The summed E-state index contributed by atoms with van der Waals surface area (Å²) in [6, 6.07) is -0.123. The number of rotatable bonds is 4. The molecule has 0 N–H and O–H groups in total. The molecule has 6 heteroatoms. The second-order valence-electron chi connectivity index (χ2n) is 5.85. The van der Waals surface area contributed by atoms with Crippen molar-refractivity contribution >= 4 is 15.8 Å². The highest BCUT2D eigenvalue weighted by molar-refractivity contribution is 7.91. The molecule has 2 saturated heterocycles. The van der Waals surface area contributed by atoms with Crippen LogP contribution in [-0.2, 0) is 19.4 Å². The maximum Gasteiger partial charge on any atom is 0.323 e. The number of likely N-dealkylation sites (tertiary alicyclic amines) is 1. The lowest BCUT2D eigenvalue weighted by atomic mass is 9.97. The molecule has 0 unspecified atom stereocenters. The minimum absolute atomic E-state index is 0.115. The lowest BCUT2D eigenvalue weighted by Crippen LogP contribution is -2.48. The topological polar surface area (TPSA) is 63.7 Å². The average Bonchev–Trinajstić information content (AvgIpc) is 2.42. The second-order valence-corrected chi connectivity index (χ2v) is 8.16. The summed E-state index contributed by atoms with van der Waals surface area (Å²) in [6.45, 7) is 4.01. The van der Waals surface area contributed by atoms with Gasteiger partial charge in [0.2, 0.25) is 0 Å². The molecule has 2 fully saturated rings. The summed E-state index contributed by atoms with van der Waals surface area (Å²) in [5.74, 6) is 0.884. The van der Waals surface area contributed by atoms with Crippen molar-refractivity contribution in [1.82, 2.24) is 4.90 Å². The van der Waals surface area contributed by atoms with E-state index in [2.05, 4.69) is 4.90 Å². The number of nitrogens with zero attached hydrogens (tertiary/aromatic N) is 1. The van der Waals surface area contributed by atoms with Gasteiger partial charge in [-0.3, -0.25) is 9.69 Å². The third kappa shape index (κ3) is 4.19. The summed E-state index contributed by atoms with van der Waals surface area (Å²) in [7, 11) is -2.81. The lowest BCUT2D eigenvalue weighted by molar-refractivity contribution is -0.151. The Hall–Kier alpha value is -0.620. The lowest BCUT2D eigenvalue weighted by Gasteiger charge is -2.37. The van der Waals surface area contributed by atoms with E-state index in [4.69, 9.17) is 4.74 Å². The normalized spacial score (nSPS) is 28.1. The van der Waals surface area contributed by atoms with Gasteiger partial charge in [0.15, 0.2) is 0 Å². The van der Waals surface area contributed by atoms with Crippen molar-refractivity contribution in [3.8, 4) is 0 Å². The van der Waals surface area contributed by atoms with Crippen LogP contribution in [0.2, 0.25) is 0 Å². The van der Waals surface area contributed by atoms with Gasteiger partial charge < -0.3 is 4.74 Å². The van der Waals surface area contributed by atoms with Gasteiger partial charge in [-0.25, -0.2) is 8.42 Å². The van der Waals surface area contributed by atoms with Crippen LogP contribution in [0.1, 0.15) is 39.0 Å². The Morgan fingerprint density at radius 1 is 1.20 bits per heavy atom. The van der Waals surface area contributed by atoms with Gasteiger partial charge in [0.1, 0.15) is 15.9 Å². The molecule has 0 aromatic heterocycles. The zero-order valence-corrected chi connectivity index (χ0v) is 13.0. The average molecular weight is 303 g/mol. The number of ether oxygens (including phenoxy) is 1. The Morgan fingerprint density at radius 2 is 1.90 bits per heavy atom. The fourth-order valence-corrected chi connectivity index (χ4v) is 4.76. The van der Waals surface area contributed by atoms with Crippen LogP contribution in [0, 0.1) is 5.92 Å². The van der Waals surface area contributed by atoms with Crippen LogP contribution in [0.3, 0.4) is 0 Å². The van der Waals surface area contributed by atoms with Crippen molar-refractivity contribution in [3.05, 3.63) is 0 Å². The molecule has 0 saturated carbocycles. The van der Waals surface area contributed by atoms with Gasteiger partial charge in [0, 0.05) is 6.54 Å². The minimum atomic E-state index is -2.81. The zero-order valence-electron chi connectivity index (χ0n) is 12.2. The van der Waals surface area contributed by atoms with Gasteiger partial charge in [-0.2, -0.15) is 0 Å². The number of carbonyl (C=O) groups excluding carboxylic acids is 1. The molecule has 0 aliphatic carbocycles. The summed E-state index contributed by atoms with van der Waals surface area (Å²) < 4.78 is 28.1. The molecule has 116 valence electrons. The monoisotopic (exact) mass is 303 g/mol. The van der Waals surface area contributed by atoms with Gasteiger partial charge in [-0.1, -0.05) is 6.42 Å². The molecule has 0 radical (unpaired) electrons. The van der Waals surface area contributed by atoms with Crippen molar-refractivity contribution in [2.45, 2.75) is 45.1 Å². The van der Waals surface area contributed by atoms with Crippen LogP contribution in [-0.4, -0.2) is 56.5 Å². The molecule has 20 heavy (non-hydrogen) atoms. The molecule has 5 nitrogen and oxygen atoms in total. The number of hydrogen-bond acceptors (Lipinski definition) is 5. The Labute approximate surface area is 121 Å². The molecule has 2 heterocycles. The first-order valence-electron chi connectivity index (χ1n) is 7.63. The highest BCUT2D eigenvalue weighted by atomic mass is 32.2. The Balaban J connectivity index is 1.90. The predicted octanol–water partition coefficient (Wildman–Crippen LogP) is 1.23. The standard InChI is InChI=1S/C14H25NO4S/c1-2-19-14(16)13-5-3-4-8-15(13)11-12-6-9-20(17,18)10-7-12/h12-13H,2-11H2,1H3/t13-/m0/s1. The molecular weight excluding hydrogens is 278 g/mol. The summed E-state index contributed by atoms with van der Waals surface area (Å²) in [6.07, 6.45) is 4.51. The fourth-order valence-electron chi connectivity index (χ4n) is 3.17. The molecule has 2 aliphatic rings. The Morgan fingerprint density at radius 3 is 2.55 bits per heavy atom. The SMILES string of the molecule is CCOC(=O)[C@@H]1CCCCN1CC1CCS(=O)(=O)CC1. The first-order chi connectivity index (χ1) is 9.52. The largest absolute Gasteiger partial charge is 0.465 e. The van der Waals surface area contributed by atoms with Gasteiger partial charge in [-0.15, -0.1) is 0 Å². The van der Waals surface area contributed by atoms with Crippen LogP contribution in [0.5, 0.6) is 0 Å². The van der Waals surface area contributed by atoms with Crippen LogP contribution in [0.4, 0.5) is 0 Å². The Bertz CT molecular complexity index is 420. The van der Waals surface area contributed by atoms with E-state index in [0.717, 1.165) is 45.2 Å². The molecule has 2 aliphatic heterocycles. The van der Waals surface area contributed by atoms with E-state index in [9.17, 15) is 13.2 Å². The van der Waals surface area contributed by atoms with E-state index in [1.54, 1.807) is 0 Å². The van der Waals surface area contributed by atoms with Crippen molar-refractivity contribution in [2.24, 2.45) is 5.92 Å². The van der Waals surface area contributed by atoms with Crippen LogP contribution >= 0.6 is 0 Å². The van der Waals surface area contributed by atoms with Gasteiger partial charge in [-0.05, 0) is 45.1 Å². The van der Waals surface area contributed by atoms with Crippen LogP contribution < -0.4 is 0 Å². The first-order valence-corrected chi connectivity index (χ1v) is 9.45. The third-order valence-corrected chi connectivity index (χ3v) is 6.05. The smallest absolute Gasteiger partial charge is 0.323 e. The van der Waals surface area contributed by atoms with Crippen molar-refractivity contribution in [3.63, 3.8) is 0 Å². The van der Waals surface area contributed by atoms with E-state index < -0.39 is 9.84 Å². The molecule has 0 spiro atoms. The van der Waals surface area contributed by atoms with Crippen molar-refractivity contribution < 1.29 is 17.9 Å². The van der Waals surface area contributed by atoms with Crippen LogP contribution in [0.15, 0.2) is 0 Å². The number of hydrogen-bond donors (Lipinski definition) is 0. The minimum Gasteiger partial charge on any atom is -0.465 e. The maximum absolute atomic E-state index is 12.0. The summed E-state index contributed by atoms with van der Waals surface area (Å²) in [5, 5.41) is 0. The van der Waals surface area contributed by atoms with E-state index >= 15 is 0 Å². The molecular formula is C14H25NO4S. The summed E-state index contributed by atoms with van der Waals surface area (Å²) in [4.78, 5) is 14.2. The number of sulfone groups is 1. The van der Waals surface area contributed by atoms with Gasteiger partial charge >= 0.3 is 5.97 Å². The second kappa shape index (κ2) is 6.89. The Kier molecular flexibility index (Phi) is 5.43. The number of piperidine rings is 1. The van der Waals surface area contributed by atoms with Gasteiger partial charge in [0.25, 0.3) is 0 Å². The molecule has 0 amide bonds. The summed E-state index contributed by atoms with van der Waals surface area (Å²) in [5.41, 5.74) is 0. The maximum atomic E-state index is 12.0. The van der Waals surface area contributed by atoms with E-state index in [1.807, 2.05) is 6.92 Å². The van der Waals surface area contributed by atoms with Gasteiger partial charge in [0.05, 0.1) is 18.1 Å². The van der Waals surface area contributed by atoms with E-state index in [-0.39, 0.29) is 12.0 Å². The van der Waals surface area contributed by atoms with Crippen LogP contribution in [0.25, 0.3) is 0 Å².